The van der Waals surface area contributed by atoms with E-state index in [4.69, 9.17) is 4.42 Å². The molecule has 1 heterocycles. The Bertz CT molecular complexity index is 346. The van der Waals surface area contributed by atoms with E-state index in [0.717, 1.165) is 24.3 Å². The van der Waals surface area contributed by atoms with Crippen molar-refractivity contribution < 1.29 is 17.6 Å². The maximum absolute atomic E-state index is 12.1. The number of rotatable bonds is 7. The summed E-state index contributed by atoms with van der Waals surface area (Å²) in [6, 6.07) is 1.80. The van der Waals surface area contributed by atoms with Gasteiger partial charge in [-0.1, -0.05) is 13.8 Å². The molecule has 18 heavy (non-hydrogen) atoms. The van der Waals surface area contributed by atoms with Crippen LogP contribution in [-0.4, -0.2) is 12.7 Å². The van der Waals surface area contributed by atoms with Crippen molar-refractivity contribution >= 4 is 0 Å². The molecule has 1 aromatic rings. The predicted molar refractivity (Wildman–Crippen MR) is 64.4 cm³/mol. The molecule has 0 fully saturated rings. The Hall–Kier alpha value is -0.970. The summed E-state index contributed by atoms with van der Waals surface area (Å²) in [5, 5.41) is 3.22. The highest BCUT2D eigenvalue weighted by atomic mass is 19.4. The molecule has 0 spiro atoms. The zero-order valence-electron chi connectivity index (χ0n) is 10.8. The summed E-state index contributed by atoms with van der Waals surface area (Å²) in [6.45, 7) is 4.65. The van der Waals surface area contributed by atoms with E-state index < -0.39 is 12.6 Å². The van der Waals surface area contributed by atoms with Crippen molar-refractivity contribution in [3.8, 4) is 0 Å². The van der Waals surface area contributed by atoms with E-state index in [9.17, 15) is 13.2 Å². The summed E-state index contributed by atoms with van der Waals surface area (Å²) < 4.78 is 41.7. The zero-order valence-corrected chi connectivity index (χ0v) is 10.8. The number of alkyl halides is 3. The second-order valence-corrected chi connectivity index (χ2v) is 4.27. The highest BCUT2D eigenvalue weighted by Crippen LogP contribution is 2.28. The molecule has 0 saturated carbocycles. The average molecular weight is 263 g/mol. The van der Waals surface area contributed by atoms with Crippen LogP contribution in [0.3, 0.4) is 0 Å². The van der Waals surface area contributed by atoms with Gasteiger partial charge in [-0.25, -0.2) is 0 Å². The van der Waals surface area contributed by atoms with Gasteiger partial charge in [0.1, 0.15) is 5.76 Å². The Morgan fingerprint density at radius 2 is 2.06 bits per heavy atom. The number of nitrogens with one attached hydrogen (secondary N) is 1. The Kier molecular flexibility index (Phi) is 5.72. The fourth-order valence-electron chi connectivity index (χ4n) is 2.07. The summed E-state index contributed by atoms with van der Waals surface area (Å²) in [7, 11) is 0. The van der Waals surface area contributed by atoms with Crippen LogP contribution in [0.1, 0.15) is 50.5 Å². The van der Waals surface area contributed by atoms with Crippen molar-refractivity contribution in [3.05, 3.63) is 23.7 Å². The first-order chi connectivity index (χ1) is 8.48. The van der Waals surface area contributed by atoms with Gasteiger partial charge in [0.15, 0.2) is 0 Å². The van der Waals surface area contributed by atoms with Gasteiger partial charge >= 0.3 is 6.18 Å². The molecular formula is C13H20F3NO. The van der Waals surface area contributed by atoms with E-state index in [2.05, 4.69) is 5.32 Å². The average Bonchev–Trinajstić information content (AvgIpc) is 2.74. The van der Waals surface area contributed by atoms with Gasteiger partial charge in [0, 0.05) is 24.4 Å². The van der Waals surface area contributed by atoms with Gasteiger partial charge in [0.2, 0.25) is 0 Å². The number of halogens is 3. The van der Waals surface area contributed by atoms with Gasteiger partial charge in [-0.2, -0.15) is 13.2 Å². The van der Waals surface area contributed by atoms with E-state index in [1.165, 1.54) is 0 Å². The van der Waals surface area contributed by atoms with Crippen LogP contribution in [0, 0.1) is 0 Å². The normalized spacial score (nSPS) is 13.8. The standard InChI is InChI=1S/C13H20F3NO/c1-3-12-10(7-9-18-12)11(17-4-2)6-5-8-13(14,15)16/h7,9,11,17H,3-6,8H2,1-2H3. The number of hydrogen-bond donors (Lipinski definition) is 1. The monoisotopic (exact) mass is 263 g/mol. The van der Waals surface area contributed by atoms with Crippen LogP contribution in [0.5, 0.6) is 0 Å². The summed E-state index contributed by atoms with van der Waals surface area (Å²) in [5.41, 5.74) is 0.988. The molecule has 1 atom stereocenters. The highest BCUT2D eigenvalue weighted by Gasteiger charge is 2.27. The lowest BCUT2D eigenvalue weighted by Crippen LogP contribution is -2.22. The van der Waals surface area contributed by atoms with E-state index >= 15 is 0 Å². The Balaban J connectivity index is 2.60. The van der Waals surface area contributed by atoms with Gasteiger partial charge in [-0.15, -0.1) is 0 Å². The smallest absolute Gasteiger partial charge is 0.389 e. The number of furan rings is 1. The molecule has 0 radical (unpaired) electrons. The third-order valence-electron chi connectivity index (χ3n) is 2.88. The molecule has 1 aromatic heterocycles. The predicted octanol–water partition coefficient (Wildman–Crippen LogP) is 4.23. The minimum atomic E-state index is -4.07. The minimum absolute atomic E-state index is 0.0500. The zero-order chi connectivity index (χ0) is 13.6. The van der Waals surface area contributed by atoms with Gasteiger partial charge in [0.05, 0.1) is 6.26 Å². The molecule has 104 valence electrons. The van der Waals surface area contributed by atoms with E-state index in [1.807, 2.05) is 19.9 Å². The quantitative estimate of drug-likeness (QED) is 0.796. The van der Waals surface area contributed by atoms with Crippen molar-refractivity contribution in [1.82, 2.24) is 5.32 Å². The summed E-state index contributed by atoms with van der Waals surface area (Å²) in [6.07, 6.45) is -1.84. The molecule has 0 bridgehead atoms. The van der Waals surface area contributed by atoms with Crippen LogP contribution in [-0.2, 0) is 6.42 Å². The SMILES string of the molecule is CCNC(CCCC(F)(F)F)c1ccoc1CC. The van der Waals surface area contributed by atoms with Crippen molar-refractivity contribution in [1.29, 1.82) is 0 Å². The lowest BCUT2D eigenvalue weighted by molar-refractivity contribution is -0.135. The van der Waals surface area contributed by atoms with Crippen LogP contribution in [0.2, 0.25) is 0 Å². The summed E-state index contributed by atoms with van der Waals surface area (Å²) in [4.78, 5) is 0. The molecule has 2 nitrogen and oxygen atoms in total. The number of aryl methyl sites for hydroxylation is 1. The van der Waals surface area contributed by atoms with Crippen LogP contribution >= 0.6 is 0 Å². The number of hydrogen-bond acceptors (Lipinski definition) is 2. The Labute approximate surface area is 106 Å². The van der Waals surface area contributed by atoms with Crippen molar-refractivity contribution in [2.45, 2.75) is 51.7 Å². The summed E-state index contributed by atoms with van der Waals surface area (Å²) in [5.74, 6) is 0.855. The second-order valence-electron chi connectivity index (χ2n) is 4.27. The molecule has 0 aromatic carbocycles. The van der Waals surface area contributed by atoms with Crippen LogP contribution in [0.4, 0.5) is 13.2 Å². The third kappa shape index (κ3) is 4.72. The van der Waals surface area contributed by atoms with Crippen LogP contribution in [0.25, 0.3) is 0 Å². The molecular weight excluding hydrogens is 243 g/mol. The van der Waals surface area contributed by atoms with E-state index in [1.54, 1.807) is 6.26 Å². The second kappa shape index (κ2) is 6.83. The lowest BCUT2D eigenvalue weighted by Gasteiger charge is -2.18. The topological polar surface area (TPSA) is 25.2 Å². The van der Waals surface area contributed by atoms with Gasteiger partial charge in [-0.3, -0.25) is 0 Å². The first-order valence-corrected chi connectivity index (χ1v) is 6.34. The first kappa shape index (κ1) is 15.1. The lowest BCUT2D eigenvalue weighted by atomic mass is 10.0. The molecule has 0 aliphatic heterocycles. The highest BCUT2D eigenvalue weighted by molar-refractivity contribution is 5.21. The van der Waals surface area contributed by atoms with E-state index in [-0.39, 0.29) is 12.5 Å². The summed E-state index contributed by atoms with van der Waals surface area (Å²) >= 11 is 0. The Morgan fingerprint density at radius 3 is 2.61 bits per heavy atom. The molecule has 0 amide bonds. The fourth-order valence-corrected chi connectivity index (χ4v) is 2.07. The van der Waals surface area contributed by atoms with Crippen molar-refractivity contribution in [2.75, 3.05) is 6.54 Å². The van der Waals surface area contributed by atoms with Gasteiger partial charge < -0.3 is 9.73 Å². The molecule has 0 aliphatic carbocycles. The maximum atomic E-state index is 12.1. The van der Waals surface area contributed by atoms with Crippen LogP contribution in [0.15, 0.2) is 16.7 Å². The molecule has 1 N–H and O–H groups in total. The molecule has 1 rings (SSSR count). The maximum Gasteiger partial charge on any atom is 0.389 e. The molecule has 0 aliphatic rings. The first-order valence-electron chi connectivity index (χ1n) is 6.34. The molecule has 5 heteroatoms. The largest absolute Gasteiger partial charge is 0.469 e. The van der Waals surface area contributed by atoms with Crippen molar-refractivity contribution in [2.24, 2.45) is 0 Å². The third-order valence-corrected chi connectivity index (χ3v) is 2.88. The van der Waals surface area contributed by atoms with Gasteiger partial charge in [-0.05, 0) is 25.5 Å². The van der Waals surface area contributed by atoms with Crippen LogP contribution < -0.4 is 5.32 Å². The Morgan fingerprint density at radius 1 is 1.33 bits per heavy atom. The van der Waals surface area contributed by atoms with Crippen molar-refractivity contribution in [3.63, 3.8) is 0 Å². The minimum Gasteiger partial charge on any atom is -0.469 e. The fraction of sp³-hybridized carbons (Fsp3) is 0.692. The van der Waals surface area contributed by atoms with E-state index in [0.29, 0.717) is 6.42 Å². The molecule has 1 unspecified atom stereocenters. The molecule has 0 saturated heterocycles. The van der Waals surface area contributed by atoms with Gasteiger partial charge in [0.25, 0.3) is 0 Å².